The number of hydrogen-bond acceptors (Lipinski definition) is 2. The standard InChI is InChI=1S/C14H16N2S/c1-14(2,3)12-6-4-10(5-7-12)11-8-13(17)16-15-9-11/h4-9H,1-3H3,(H,16,17). The van der Waals surface area contributed by atoms with Gasteiger partial charge in [0.15, 0.2) is 0 Å². The molecule has 3 heteroatoms. The Morgan fingerprint density at radius 1 is 1.06 bits per heavy atom. The first-order valence-electron chi connectivity index (χ1n) is 5.62. The lowest BCUT2D eigenvalue weighted by atomic mass is 9.86. The predicted octanol–water partition coefficient (Wildman–Crippen LogP) is 4.10. The number of nitrogens with one attached hydrogen (secondary N) is 1. The van der Waals surface area contributed by atoms with Crippen molar-refractivity contribution in [2.75, 3.05) is 0 Å². The zero-order valence-corrected chi connectivity index (χ0v) is 11.1. The quantitative estimate of drug-likeness (QED) is 0.765. The maximum atomic E-state index is 5.07. The average Bonchev–Trinajstić information content (AvgIpc) is 2.28. The van der Waals surface area contributed by atoms with Crippen molar-refractivity contribution in [1.82, 2.24) is 10.2 Å². The van der Waals surface area contributed by atoms with Crippen LogP contribution in [0.4, 0.5) is 0 Å². The number of aromatic amines is 1. The molecule has 0 spiro atoms. The molecule has 0 aliphatic rings. The first kappa shape index (κ1) is 12.0. The van der Waals surface area contributed by atoms with Crippen LogP contribution in [0.25, 0.3) is 11.1 Å². The number of aromatic nitrogens is 2. The molecule has 1 N–H and O–H groups in total. The zero-order valence-electron chi connectivity index (χ0n) is 10.3. The van der Waals surface area contributed by atoms with Gasteiger partial charge in [0.1, 0.15) is 4.64 Å². The summed E-state index contributed by atoms with van der Waals surface area (Å²) in [6, 6.07) is 10.5. The van der Waals surface area contributed by atoms with Crippen LogP contribution in [-0.2, 0) is 5.41 Å². The van der Waals surface area contributed by atoms with Gasteiger partial charge >= 0.3 is 0 Å². The van der Waals surface area contributed by atoms with E-state index in [2.05, 4.69) is 55.2 Å². The molecule has 2 nitrogen and oxygen atoms in total. The third-order valence-electron chi connectivity index (χ3n) is 2.75. The topological polar surface area (TPSA) is 28.7 Å². The van der Waals surface area contributed by atoms with Crippen molar-refractivity contribution in [3.05, 3.63) is 46.7 Å². The third kappa shape index (κ3) is 2.80. The molecule has 0 atom stereocenters. The molecule has 0 bridgehead atoms. The van der Waals surface area contributed by atoms with E-state index in [1.807, 2.05) is 6.07 Å². The first-order valence-corrected chi connectivity index (χ1v) is 6.03. The smallest absolute Gasteiger partial charge is 0.120 e. The molecular formula is C14H16N2S. The summed E-state index contributed by atoms with van der Waals surface area (Å²) >= 11 is 5.07. The van der Waals surface area contributed by atoms with Crippen LogP contribution < -0.4 is 0 Å². The van der Waals surface area contributed by atoms with Gasteiger partial charge in [0.2, 0.25) is 0 Å². The predicted molar refractivity (Wildman–Crippen MR) is 73.6 cm³/mol. The van der Waals surface area contributed by atoms with Gasteiger partial charge in [-0.2, -0.15) is 5.10 Å². The van der Waals surface area contributed by atoms with Gasteiger partial charge in [-0.3, -0.25) is 5.10 Å². The highest BCUT2D eigenvalue weighted by Gasteiger charge is 2.12. The van der Waals surface area contributed by atoms with Gasteiger partial charge in [-0.05, 0) is 22.6 Å². The molecule has 0 radical (unpaired) electrons. The van der Waals surface area contributed by atoms with Crippen molar-refractivity contribution < 1.29 is 0 Å². The maximum absolute atomic E-state index is 5.07. The zero-order chi connectivity index (χ0) is 12.5. The fraction of sp³-hybridized carbons (Fsp3) is 0.286. The van der Waals surface area contributed by atoms with Crippen LogP contribution >= 0.6 is 12.2 Å². The summed E-state index contributed by atoms with van der Waals surface area (Å²) < 4.78 is 0.655. The van der Waals surface area contributed by atoms with E-state index in [0.29, 0.717) is 4.64 Å². The van der Waals surface area contributed by atoms with Gasteiger partial charge in [-0.15, -0.1) is 0 Å². The fourth-order valence-corrected chi connectivity index (χ4v) is 1.88. The third-order valence-corrected chi connectivity index (χ3v) is 2.96. The van der Waals surface area contributed by atoms with Crippen LogP contribution in [0.15, 0.2) is 36.5 Å². The van der Waals surface area contributed by atoms with Crippen molar-refractivity contribution in [2.45, 2.75) is 26.2 Å². The van der Waals surface area contributed by atoms with E-state index >= 15 is 0 Å². The molecule has 1 aromatic heterocycles. The van der Waals surface area contributed by atoms with Gasteiger partial charge in [-0.25, -0.2) is 0 Å². The van der Waals surface area contributed by atoms with Gasteiger partial charge in [0.25, 0.3) is 0 Å². The minimum atomic E-state index is 0.185. The van der Waals surface area contributed by atoms with E-state index in [-0.39, 0.29) is 5.41 Å². The van der Waals surface area contributed by atoms with Gasteiger partial charge in [-0.1, -0.05) is 57.3 Å². The molecule has 0 amide bonds. The molecule has 1 aromatic carbocycles. The molecule has 0 aliphatic heterocycles. The van der Waals surface area contributed by atoms with E-state index in [1.54, 1.807) is 6.20 Å². The molecule has 88 valence electrons. The summed E-state index contributed by atoms with van der Waals surface area (Å²) in [5.41, 5.74) is 3.71. The van der Waals surface area contributed by atoms with Crippen molar-refractivity contribution in [3.8, 4) is 11.1 Å². The molecule has 17 heavy (non-hydrogen) atoms. The van der Waals surface area contributed by atoms with Crippen molar-refractivity contribution in [1.29, 1.82) is 0 Å². The van der Waals surface area contributed by atoms with Crippen LogP contribution in [0, 0.1) is 4.64 Å². The minimum absolute atomic E-state index is 0.185. The second-order valence-electron chi connectivity index (χ2n) is 5.16. The molecule has 0 unspecified atom stereocenters. The molecule has 2 rings (SSSR count). The van der Waals surface area contributed by atoms with Gasteiger partial charge in [0, 0.05) is 5.56 Å². The average molecular weight is 244 g/mol. The highest BCUT2D eigenvalue weighted by molar-refractivity contribution is 7.71. The Morgan fingerprint density at radius 3 is 2.24 bits per heavy atom. The summed E-state index contributed by atoms with van der Waals surface area (Å²) in [6.45, 7) is 6.63. The van der Waals surface area contributed by atoms with Crippen molar-refractivity contribution >= 4 is 12.2 Å². The Kier molecular flexibility index (Phi) is 3.11. The van der Waals surface area contributed by atoms with Crippen LogP contribution in [-0.4, -0.2) is 10.2 Å². The molecule has 1 heterocycles. The molecule has 0 fully saturated rings. The summed E-state index contributed by atoms with van der Waals surface area (Å²) in [4.78, 5) is 0. The Labute approximate surface area is 107 Å². The Balaban J connectivity index is 2.39. The lowest BCUT2D eigenvalue weighted by Gasteiger charge is -2.19. The summed E-state index contributed by atoms with van der Waals surface area (Å²) in [5, 5.41) is 6.74. The van der Waals surface area contributed by atoms with Gasteiger partial charge in [0.05, 0.1) is 6.20 Å². The molecule has 0 saturated carbocycles. The number of benzene rings is 1. The maximum Gasteiger partial charge on any atom is 0.120 e. The Bertz CT molecular complexity index is 562. The number of H-pyrrole nitrogens is 1. The second kappa shape index (κ2) is 4.41. The first-order chi connectivity index (χ1) is 7.97. The van der Waals surface area contributed by atoms with Crippen molar-refractivity contribution in [3.63, 3.8) is 0 Å². The summed E-state index contributed by atoms with van der Waals surface area (Å²) in [6.07, 6.45) is 1.79. The number of nitrogens with zero attached hydrogens (tertiary/aromatic N) is 1. The lowest BCUT2D eigenvalue weighted by Crippen LogP contribution is -2.10. The van der Waals surface area contributed by atoms with Crippen LogP contribution in [0.2, 0.25) is 0 Å². The molecular weight excluding hydrogens is 228 g/mol. The van der Waals surface area contributed by atoms with Gasteiger partial charge < -0.3 is 0 Å². The van der Waals surface area contributed by atoms with Crippen LogP contribution in [0.5, 0.6) is 0 Å². The van der Waals surface area contributed by atoms with Crippen LogP contribution in [0.1, 0.15) is 26.3 Å². The number of rotatable bonds is 1. The molecule has 2 aromatic rings. The summed E-state index contributed by atoms with van der Waals surface area (Å²) in [7, 11) is 0. The molecule has 0 saturated heterocycles. The monoisotopic (exact) mass is 244 g/mol. The van der Waals surface area contributed by atoms with E-state index in [4.69, 9.17) is 12.2 Å². The Hall–Kier alpha value is -1.48. The number of hydrogen-bond donors (Lipinski definition) is 1. The fourth-order valence-electron chi connectivity index (χ4n) is 1.70. The second-order valence-corrected chi connectivity index (χ2v) is 5.60. The highest BCUT2D eigenvalue weighted by atomic mass is 32.1. The SMILES string of the molecule is CC(C)(C)c1ccc(-c2cn[nH]c(=S)c2)cc1. The van der Waals surface area contributed by atoms with E-state index in [9.17, 15) is 0 Å². The van der Waals surface area contributed by atoms with E-state index in [1.165, 1.54) is 5.56 Å². The highest BCUT2D eigenvalue weighted by Crippen LogP contribution is 2.25. The molecule has 0 aliphatic carbocycles. The van der Waals surface area contributed by atoms with Crippen molar-refractivity contribution in [2.24, 2.45) is 0 Å². The lowest BCUT2D eigenvalue weighted by molar-refractivity contribution is 0.590. The van der Waals surface area contributed by atoms with E-state index < -0.39 is 0 Å². The summed E-state index contributed by atoms with van der Waals surface area (Å²) in [5.74, 6) is 0. The van der Waals surface area contributed by atoms with E-state index in [0.717, 1.165) is 11.1 Å². The van der Waals surface area contributed by atoms with Crippen LogP contribution in [0.3, 0.4) is 0 Å². The largest absolute Gasteiger partial charge is 0.268 e. The normalized spacial score (nSPS) is 11.5. The minimum Gasteiger partial charge on any atom is -0.268 e. The Morgan fingerprint density at radius 2 is 1.71 bits per heavy atom.